The molecule has 11 aromatic carbocycles. The van der Waals surface area contributed by atoms with E-state index in [1.54, 1.807) is 0 Å². The number of aliphatic imine (C=N–C) groups is 2. The molecule has 2 aromatic heterocycles. The van der Waals surface area contributed by atoms with Crippen LogP contribution in [0.5, 0.6) is 0 Å². The lowest BCUT2D eigenvalue weighted by molar-refractivity contribution is 0.658. The smallest absolute Gasteiger partial charge is 0.159 e. The van der Waals surface area contributed by atoms with Crippen molar-refractivity contribution < 1.29 is 4.42 Å². The van der Waals surface area contributed by atoms with Crippen LogP contribution in [0.2, 0.25) is 0 Å². The first kappa shape index (κ1) is 46.5. The van der Waals surface area contributed by atoms with Gasteiger partial charge in [-0.05, 0) is 98.6 Å². The quantitative estimate of drug-likeness (QED) is 0.157. The fourth-order valence-corrected chi connectivity index (χ4v) is 12.9. The van der Waals surface area contributed by atoms with Crippen molar-refractivity contribution in [3.05, 3.63) is 313 Å². The average molecular weight is 1040 g/mol. The monoisotopic (exact) mass is 1040 g/mol. The molecule has 81 heavy (non-hydrogen) atoms. The van der Waals surface area contributed by atoms with Gasteiger partial charge in [0, 0.05) is 50.0 Å². The average Bonchev–Trinajstić information content (AvgIpc) is 4.32. The van der Waals surface area contributed by atoms with E-state index < -0.39 is 6.17 Å². The van der Waals surface area contributed by atoms with Crippen molar-refractivity contribution in [3.63, 3.8) is 0 Å². The van der Waals surface area contributed by atoms with Crippen molar-refractivity contribution in [2.75, 3.05) is 4.90 Å². The Hall–Kier alpha value is -10.6. The second-order valence-electron chi connectivity index (χ2n) is 21.2. The van der Waals surface area contributed by atoms with E-state index in [1.165, 1.54) is 50.0 Å². The van der Waals surface area contributed by atoms with Gasteiger partial charge in [0.15, 0.2) is 5.84 Å². The predicted octanol–water partition coefficient (Wildman–Crippen LogP) is 18.4. The number of amidine groups is 2. The number of aromatic nitrogens is 1. The molecular weight excluding hydrogens is 987 g/mol. The molecule has 1 N–H and O–H groups in total. The molecule has 6 nitrogen and oxygen atoms in total. The molecule has 1 aliphatic carbocycles. The number of benzene rings is 11. The highest BCUT2D eigenvalue weighted by Gasteiger charge is 2.40. The van der Waals surface area contributed by atoms with Gasteiger partial charge in [-0.3, -0.25) is 0 Å². The van der Waals surface area contributed by atoms with Gasteiger partial charge in [0.25, 0.3) is 0 Å². The summed E-state index contributed by atoms with van der Waals surface area (Å²) in [6.07, 6.45) is 6.69. The van der Waals surface area contributed by atoms with Crippen LogP contribution in [0.4, 0.5) is 11.4 Å². The van der Waals surface area contributed by atoms with Gasteiger partial charge in [-0.25, -0.2) is 9.98 Å². The zero-order valence-corrected chi connectivity index (χ0v) is 44.1. The summed E-state index contributed by atoms with van der Waals surface area (Å²) in [5, 5.41) is 8.39. The van der Waals surface area contributed by atoms with Crippen LogP contribution in [0.3, 0.4) is 0 Å². The van der Waals surface area contributed by atoms with Gasteiger partial charge in [0.05, 0.1) is 28.3 Å². The maximum absolute atomic E-state index is 6.71. The molecule has 4 heterocycles. The number of para-hydroxylation sites is 4. The van der Waals surface area contributed by atoms with E-state index in [1.807, 2.05) is 12.1 Å². The number of rotatable bonds is 9. The predicted molar refractivity (Wildman–Crippen MR) is 335 cm³/mol. The van der Waals surface area contributed by atoms with E-state index in [0.717, 1.165) is 77.6 Å². The van der Waals surface area contributed by atoms with Gasteiger partial charge >= 0.3 is 0 Å². The van der Waals surface area contributed by atoms with E-state index in [9.17, 15) is 0 Å². The molecule has 3 unspecified atom stereocenters. The molecule has 16 rings (SSSR count). The third kappa shape index (κ3) is 7.78. The Labute approximate surface area is 469 Å². The summed E-state index contributed by atoms with van der Waals surface area (Å²) in [4.78, 5) is 13.6. The van der Waals surface area contributed by atoms with Crippen LogP contribution >= 0.6 is 0 Å². The van der Waals surface area contributed by atoms with Crippen molar-refractivity contribution in [1.29, 1.82) is 0 Å². The van der Waals surface area contributed by atoms with Crippen molar-refractivity contribution in [1.82, 2.24) is 9.88 Å². The normalized spacial score (nSPS) is 16.5. The number of nitrogens with zero attached hydrogens (tertiary/aromatic N) is 4. The molecule has 0 radical (unpaired) electrons. The zero-order valence-electron chi connectivity index (χ0n) is 44.1. The molecule has 0 fully saturated rings. The number of allylic oxidation sites excluding steroid dienone is 2. The molecule has 382 valence electrons. The van der Waals surface area contributed by atoms with E-state index in [4.69, 9.17) is 14.4 Å². The van der Waals surface area contributed by atoms with Gasteiger partial charge in [0.2, 0.25) is 0 Å². The third-order valence-electron chi connectivity index (χ3n) is 16.6. The maximum atomic E-state index is 6.71. The van der Waals surface area contributed by atoms with Crippen LogP contribution in [-0.4, -0.2) is 22.3 Å². The first-order valence-corrected chi connectivity index (χ1v) is 27.8. The van der Waals surface area contributed by atoms with Crippen LogP contribution in [-0.2, 0) is 0 Å². The first-order chi connectivity index (χ1) is 40.2. The topological polar surface area (TPSA) is 58.1 Å². The number of fused-ring (bicyclic) bond motifs is 9. The van der Waals surface area contributed by atoms with Crippen LogP contribution in [0, 0.1) is 0 Å². The molecule has 3 atom stereocenters. The Balaban J connectivity index is 0.898. The fraction of sp³-hybridized carbons (Fsp3) is 0.0400. The lowest BCUT2D eigenvalue weighted by Crippen LogP contribution is -2.34. The summed E-state index contributed by atoms with van der Waals surface area (Å²) in [6, 6.07) is 95.6. The largest absolute Gasteiger partial charge is 0.455 e. The van der Waals surface area contributed by atoms with Gasteiger partial charge in [-0.15, -0.1) is 0 Å². The van der Waals surface area contributed by atoms with Crippen molar-refractivity contribution in [2.24, 2.45) is 9.98 Å². The standard InChI is InChI=1S/C75H51N5O/c1-5-20-48(21-6-1)51-38-40-52(41-39-51)73-76-74(78-75(77-73)63-33-17-32-59-56-28-14-16-37-69(56)81-72(59)63)62-45-43-54(50-24-9-3-10-25-50)47-68(62)80-64-34-15-13-29-60(64)70-57(31-19-36-66(70)80)58-30-18-35-65-71(58)61-44-42-53(49-22-7-2-8-23-49)46-67(61)79(65)55-26-11-4-12-27-55/h1-47,61,67,74H,(H,76,77,78). The molecule has 0 amide bonds. The molecule has 0 saturated heterocycles. The first-order valence-electron chi connectivity index (χ1n) is 27.8. The number of furan rings is 1. The summed E-state index contributed by atoms with van der Waals surface area (Å²) >= 11 is 0. The molecule has 0 spiro atoms. The van der Waals surface area contributed by atoms with E-state index >= 15 is 0 Å². The molecule has 3 aliphatic rings. The van der Waals surface area contributed by atoms with Crippen LogP contribution in [0.25, 0.3) is 88.4 Å². The van der Waals surface area contributed by atoms with Gasteiger partial charge in [0.1, 0.15) is 23.2 Å². The van der Waals surface area contributed by atoms with E-state index in [0.29, 0.717) is 11.7 Å². The summed E-state index contributed by atoms with van der Waals surface area (Å²) in [7, 11) is 0. The van der Waals surface area contributed by atoms with E-state index in [-0.39, 0.29) is 12.0 Å². The van der Waals surface area contributed by atoms with Crippen LogP contribution < -0.4 is 10.2 Å². The maximum Gasteiger partial charge on any atom is 0.159 e. The zero-order chi connectivity index (χ0) is 53.4. The second-order valence-corrected chi connectivity index (χ2v) is 21.2. The molecular formula is C75H51N5O. The Bertz CT molecular complexity index is 4720. The summed E-state index contributed by atoms with van der Waals surface area (Å²) in [6.45, 7) is 0. The number of hydrogen-bond acceptors (Lipinski definition) is 5. The molecule has 0 bridgehead atoms. The SMILES string of the molecule is C1=CC2c3c(-c4cccc5c4c4ccccc4n5-c4cc(-c5ccccc5)ccc4C4N=C(c5ccc(-c6ccccc6)cc5)N=C(c5cccc6c5oc5ccccc56)N4)cccc3N(c3ccccc3)C2C=C1c1ccccc1. The Morgan fingerprint density at radius 1 is 0.444 bits per heavy atom. The molecule has 0 saturated carbocycles. The highest BCUT2D eigenvalue weighted by molar-refractivity contribution is 6.20. The summed E-state index contributed by atoms with van der Waals surface area (Å²) in [5.74, 6) is 1.43. The third-order valence-corrected chi connectivity index (χ3v) is 16.6. The van der Waals surface area contributed by atoms with Gasteiger partial charge in [-0.2, -0.15) is 0 Å². The number of hydrogen-bond donors (Lipinski definition) is 1. The van der Waals surface area contributed by atoms with Crippen molar-refractivity contribution in [2.45, 2.75) is 18.1 Å². The highest BCUT2D eigenvalue weighted by Crippen LogP contribution is 2.54. The molecule has 6 heteroatoms. The minimum absolute atomic E-state index is 0.0788. The highest BCUT2D eigenvalue weighted by atomic mass is 16.3. The molecule has 13 aromatic rings. The van der Waals surface area contributed by atoms with E-state index in [2.05, 4.69) is 288 Å². The second kappa shape index (κ2) is 19.1. The van der Waals surface area contributed by atoms with Crippen LogP contribution in [0.1, 0.15) is 39.9 Å². The van der Waals surface area contributed by atoms with Gasteiger partial charge < -0.3 is 19.2 Å². The fourth-order valence-electron chi connectivity index (χ4n) is 12.9. The number of anilines is 2. The minimum Gasteiger partial charge on any atom is -0.455 e. The van der Waals surface area contributed by atoms with Crippen molar-refractivity contribution in [3.8, 4) is 39.1 Å². The van der Waals surface area contributed by atoms with Crippen molar-refractivity contribution >= 4 is 72.4 Å². The minimum atomic E-state index is -0.564. The lowest BCUT2D eigenvalue weighted by Gasteiger charge is -2.30. The molecule has 2 aliphatic heterocycles. The number of nitrogens with one attached hydrogen (secondary N) is 1. The lowest BCUT2D eigenvalue weighted by atomic mass is 9.83. The summed E-state index contributed by atoms with van der Waals surface area (Å²) in [5.41, 5.74) is 20.8. The van der Waals surface area contributed by atoms with Gasteiger partial charge in [-0.1, -0.05) is 237 Å². The van der Waals surface area contributed by atoms with Crippen LogP contribution in [0.15, 0.2) is 300 Å². The summed E-state index contributed by atoms with van der Waals surface area (Å²) < 4.78 is 9.19. The Morgan fingerprint density at radius 2 is 1.04 bits per heavy atom. The Kier molecular flexibility index (Phi) is 11.0. The Morgan fingerprint density at radius 3 is 1.83 bits per heavy atom.